The number of nitrogens with two attached hydrogens (primary N) is 1. The summed E-state index contributed by atoms with van der Waals surface area (Å²) in [6.45, 7) is 3.32. The van der Waals surface area contributed by atoms with Crippen molar-refractivity contribution in [2.24, 2.45) is 0 Å². The number of aliphatic hydroxyl groups is 1. The molecule has 0 aliphatic rings. The summed E-state index contributed by atoms with van der Waals surface area (Å²) in [5.74, 6) is -0.295. The van der Waals surface area contributed by atoms with Gasteiger partial charge in [0.15, 0.2) is 0 Å². The fourth-order valence-electron chi connectivity index (χ4n) is 1.77. The van der Waals surface area contributed by atoms with Crippen LogP contribution in [0.15, 0.2) is 36.5 Å². The summed E-state index contributed by atoms with van der Waals surface area (Å²) in [6, 6.07) is 7.75. The molecule has 94 valence electrons. The summed E-state index contributed by atoms with van der Waals surface area (Å²) in [7, 11) is 0. The number of rotatable bonds is 2. The zero-order chi connectivity index (χ0) is 13.3. The monoisotopic (exact) mass is 246 g/mol. The van der Waals surface area contributed by atoms with Gasteiger partial charge < -0.3 is 10.8 Å². The van der Waals surface area contributed by atoms with Gasteiger partial charge in [-0.25, -0.2) is 4.39 Å². The zero-order valence-electron chi connectivity index (χ0n) is 10.3. The highest BCUT2D eigenvalue weighted by Crippen LogP contribution is 2.29. The molecule has 18 heavy (non-hydrogen) atoms. The van der Waals surface area contributed by atoms with Crippen LogP contribution in [0.4, 0.5) is 10.1 Å². The van der Waals surface area contributed by atoms with Crippen molar-refractivity contribution in [2.45, 2.75) is 19.4 Å². The quantitative estimate of drug-likeness (QED) is 0.856. The lowest BCUT2D eigenvalue weighted by Crippen LogP contribution is -2.18. The van der Waals surface area contributed by atoms with Gasteiger partial charge in [0.05, 0.1) is 23.2 Å². The minimum atomic E-state index is -1.04. The Morgan fingerprint density at radius 3 is 2.39 bits per heavy atom. The molecule has 0 aliphatic carbocycles. The second-order valence-electron chi connectivity index (χ2n) is 4.72. The van der Waals surface area contributed by atoms with E-state index >= 15 is 0 Å². The Labute approximate surface area is 105 Å². The van der Waals surface area contributed by atoms with Crippen molar-refractivity contribution < 1.29 is 9.50 Å². The standard InChI is InChI=1S/C14H15FN2O/c1-14(2,18)11-7-13(17-8-12(11)16)9-3-5-10(15)6-4-9/h3-8,18H,16H2,1-2H3. The van der Waals surface area contributed by atoms with E-state index in [0.29, 0.717) is 16.9 Å². The maximum Gasteiger partial charge on any atom is 0.123 e. The van der Waals surface area contributed by atoms with Gasteiger partial charge in [0.2, 0.25) is 0 Å². The first-order valence-corrected chi connectivity index (χ1v) is 5.62. The molecule has 0 atom stereocenters. The van der Waals surface area contributed by atoms with Gasteiger partial charge >= 0.3 is 0 Å². The van der Waals surface area contributed by atoms with Crippen LogP contribution in [0.3, 0.4) is 0 Å². The number of halogens is 1. The molecule has 0 unspecified atom stereocenters. The third kappa shape index (κ3) is 2.49. The second kappa shape index (κ2) is 4.38. The van der Waals surface area contributed by atoms with Crippen LogP contribution < -0.4 is 5.73 Å². The van der Waals surface area contributed by atoms with Crippen molar-refractivity contribution in [1.82, 2.24) is 4.98 Å². The second-order valence-corrected chi connectivity index (χ2v) is 4.72. The molecule has 4 heteroatoms. The summed E-state index contributed by atoms with van der Waals surface area (Å²) in [5.41, 5.74) is 7.24. The Morgan fingerprint density at radius 1 is 1.22 bits per heavy atom. The van der Waals surface area contributed by atoms with Crippen LogP contribution in [0.25, 0.3) is 11.3 Å². The van der Waals surface area contributed by atoms with Gasteiger partial charge in [-0.1, -0.05) is 0 Å². The summed E-state index contributed by atoms with van der Waals surface area (Å²) in [4.78, 5) is 4.19. The minimum Gasteiger partial charge on any atom is -0.397 e. The molecule has 3 N–H and O–H groups in total. The van der Waals surface area contributed by atoms with E-state index in [2.05, 4.69) is 4.98 Å². The molecule has 3 nitrogen and oxygen atoms in total. The third-order valence-corrected chi connectivity index (χ3v) is 2.73. The van der Waals surface area contributed by atoms with E-state index in [0.717, 1.165) is 5.56 Å². The third-order valence-electron chi connectivity index (χ3n) is 2.73. The van der Waals surface area contributed by atoms with Gasteiger partial charge in [0.25, 0.3) is 0 Å². The number of nitrogen functional groups attached to an aromatic ring is 1. The van der Waals surface area contributed by atoms with E-state index in [1.165, 1.54) is 18.3 Å². The van der Waals surface area contributed by atoms with E-state index in [9.17, 15) is 9.50 Å². The van der Waals surface area contributed by atoms with Crippen LogP contribution in [0, 0.1) is 5.82 Å². The van der Waals surface area contributed by atoms with Gasteiger partial charge in [-0.15, -0.1) is 0 Å². The van der Waals surface area contributed by atoms with E-state index < -0.39 is 5.60 Å². The molecule has 1 heterocycles. The van der Waals surface area contributed by atoms with Crippen LogP contribution in [-0.4, -0.2) is 10.1 Å². The van der Waals surface area contributed by atoms with Crippen LogP contribution in [0.2, 0.25) is 0 Å². The summed E-state index contributed by atoms with van der Waals surface area (Å²) >= 11 is 0. The molecule has 0 saturated carbocycles. The first-order chi connectivity index (χ1) is 8.38. The molecule has 0 aliphatic heterocycles. The van der Waals surface area contributed by atoms with E-state index in [1.54, 1.807) is 32.0 Å². The summed E-state index contributed by atoms with van der Waals surface area (Å²) in [6.07, 6.45) is 1.51. The van der Waals surface area contributed by atoms with Gasteiger partial charge in [-0.3, -0.25) is 4.98 Å². The minimum absolute atomic E-state index is 0.295. The number of pyridine rings is 1. The lowest BCUT2D eigenvalue weighted by Gasteiger charge is -2.20. The Morgan fingerprint density at radius 2 is 1.83 bits per heavy atom. The topological polar surface area (TPSA) is 59.1 Å². The fraction of sp³-hybridized carbons (Fsp3) is 0.214. The number of anilines is 1. The Balaban J connectivity index is 2.50. The molecule has 2 rings (SSSR count). The average molecular weight is 246 g/mol. The molecule has 0 fully saturated rings. The highest BCUT2D eigenvalue weighted by molar-refractivity contribution is 5.63. The highest BCUT2D eigenvalue weighted by atomic mass is 19.1. The molecule has 1 aromatic heterocycles. The van der Waals surface area contributed by atoms with Crippen molar-refractivity contribution in [3.8, 4) is 11.3 Å². The van der Waals surface area contributed by atoms with Crippen molar-refractivity contribution in [2.75, 3.05) is 5.73 Å². The van der Waals surface area contributed by atoms with Gasteiger partial charge in [0.1, 0.15) is 5.82 Å². The molecule has 0 spiro atoms. The molecule has 0 bridgehead atoms. The number of nitrogens with zero attached hydrogens (tertiary/aromatic N) is 1. The molecule has 1 aromatic carbocycles. The number of benzene rings is 1. The van der Waals surface area contributed by atoms with E-state index in [4.69, 9.17) is 5.73 Å². The van der Waals surface area contributed by atoms with Gasteiger partial charge in [0, 0.05) is 11.1 Å². The SMILES string of the molecule is CC(C)(O)c1cc(-c2ccc(F)cc2)ncc1N. The molecule has 0 amide bonds. The highest BCUT2D eigenvalue weighted by Gasteiger charge is 2.20. The van der Waals surface area contributed by atoms with Gasteiger partial charge in [-0.05, 0) is 44.2 Å². The smallest absolute Gasteiger partial charge is 0.123 e. The van der Waals surface area contributed by atoms with Crippen molar-refractivity contribution in [3.63, 3.8) is 0 Å². The van der Waals surface area contributed by atoms with Crippen LogP contribution in [0.1, 0.15) is 19.4 Å². The average Bonchev–Trinajstić information content (AvgIpc) is 2.29. The predicted molar refractivity (Wildman–Crippen MR) is 69.3 cm³/mol. The molecular weight excluding hydrogens is 231 g/mol. The van der Waals surface area contributed by atoms with Crippen LogP contribution in [0.5, 0.6) is 0 Å². The molecule has 0 radical (unpaired) electrons. The normalized spacial score (nSPS) is 11.6. The van der Waals surface area contributed by atoms with Crippen molar-refractivity contribution >= 4 is 5.69 Å². The van der Waals surface area contributed by atoms with Crippen molar-refractivity contribution in [1.29, 1.82) is 0 Å². The number of hydrogen-bond donors (Lipinski definition) is 2. The van der Waals surface area contributed by atoms with Gasteiger partial charge in [-0.2, -0.15) is 0 Å². The maximum absolute atomic E-state index is 12.9. The van der Waals surface area contributed by atoms with E-state index in [-0.39, 0.29) is 5.82 Å². The Kier molecular flexibility index (Phi) is 3.05. The first kappa shape index (κ1) is 12.5. The van der Waals surface area contributed by atoms with Crippen LogP contribution in [-0.2, 0) is 5.60 Å². The maximum atomic E-state index is 12.9. The summed E-state index contributed by atoms with van der Waals surface area (Å²) in [5, 5.41) is 10.0. The Hall–Kier alpha value is -1.94. The van der Waals surface area contributed by atoms with Crippen LogP contribution >= 0.6 is 0 Å². The van der Waals surface area contributed by atoms with E-state index in [1.807, 2.05) is 0 Å². The number of aromatic nitrogens is 1. The Bertz CT molecular complexity index is 559. The molecule has 0 saturated heterocycles. The number of hydrogen-bond acceptors (Lipinski definition) is 3. The zero-order valence-corrected chi connectivity index (χ0v) is 10.3. The molecular formula is C14H15FN2O. The lowest BCUT2D eigenvalue weighted by atomic mass is 9.96. The summed E-state index contributed by atoms with van der Waals surface area (Å²) < 4.78 is 12.9. The lowest BCUT2D eigenvalue weighted by molar-refractivity contribution is 0.0794. The fourth-order valence-corrected chi connectivity index (χ4v) is 1.77. The largest absolute Gasteiger partial charge is 0.397 e. The first-order valence-electron chi connectivity index (χ1n) is 5.62. The molecule has 2 aromatic rings. The predicted octanol–water partition coefficient (Wildman–Crippen LogP) is 2.70. The van der Waals surface area contributed by atoms with Crippen molar-refractivity contribution in [3.05, 3.63) is 47.9 Å².